The van der Waals surface area contributed by atoms with Gasteiger partial charge in [-0.15, -0.1) is 0 Å². The molecular formula is C16H14ClF3N4O4. The third kappa shape index (κ3) is 4.60. The van der Waals surface area contributed by atoms with Crippen molar-refractivity contribution >= 4 is 23.9 Å². The number of aromatic nitrogens is 2. The summed E-state index contributed by atoms with van der Waals surface area (Å²) in [6, 6.07) is 4.20. The molecule has 0 fully saturated rings. The molecule has 28 heavy (non-hydrogen) atoms. The van der Waals surface area contributed by atoms with Crippen molar-refractivity contribution in [2.45, 2.75) is 13.1 Å². The lowest BCUT2D eigenvalue weighted by molar-refractivity contribution is -0.144. The van der Waals surface area contributed by atoms with Crippen molar-refractivity contribution in [2.24, 2.45) is 12.1 Å². The molecule has 0 radical (unpaired) electrons. The summed E-state index contributed by atoms with van der Waals surface area (Å²) in [4.78, 5) is 35.6. The molecule has 1 aromatic heterocycles. The van der Waals surface area contributed by atoms with Crippen molar-refractivity contribution in [1.29, 1.82) is 0 Å². The number of carbonyl (C=O) groups is 1. The van der Waals surface area contributed by atoms with E-state index in [4.69, 9.17) is 11.6 Å². The van der Waals surface area contributed by atoms with E-state index in [9.17, 15) is 27.6 Å². The molecule has 0 saturated heterocycles. The molecule has 1 aromatic carbocycles. The van der Waals surface area contributed by atoms with Crippen LogP contribution < -0.4 is 16.7 Å². The van der Waals surface area contributed by atoms with Crippen LogP contribution in [-0.4, -0.2) is 28.0 Å². The van der Waals surface area contributed by atoms with E-state index in [1.807, 2.05) is 0 Å². The standard InChI is InChI=1S/C16H14ClF3N4O4/c1-3-28-14(26)22-21-8-9-6-10(4-5-11(9)17)24-13(25)7-12(16(18,19)20)23(2)15(24)27/h4-8H,3H2,1-2H3,(H,22,26)/b21-8+. The zero-order valence-electron chi connectivity index (χ0n) is 14.6. The van der Waals surface area contributed by atoms with E-state index >= 15 is 0 Å². The number of carbonyl (C=O) groups excluding carboxylic acids is 1. The molecule has 0 atom stereocenters. The zero-order valence-corrected chi connectivity index (χ0v) is 15.3. The van der Waals surface area contributed by atoms with E-state index in [-0.39, 0.29) is 22.9 Å². The summed E-state index contributed by atoms with van der Waals surface area (Å²) in [5, 5.41) is 3.77. The monoisotopic (exact) mass is 418 g/mol. The number of ether oxygens (including phenoxy) is 1. The first-order chi connectivity index (χ1) is 13.1. The summed E-state index contributed by atoms with van der Waals surface area (Å²) >= 11 is 6.00. The molecule has 0 aliphatic rings. The maximum absolute atomic E-state index is 12.9. The molecule has 1 heterocycles. The lowest BCUT2D eigenvalue weighted by Crippen LogP contribution is -2.40. The normalized spacial score (nSPS) is 11.6. The maximum atomic E-state index is 12.9. The molecule has 0 aliphatic heterocycles. The predicted octanol–water partition coefficient (Wildman–Crippen LogP) is 2.29. The average Bonchev–Trinajstić information content (AvgIpc) is 2.60. The number of nitrogens with zero attached hydrogens (tertiary/aromatic N) is 3. The summed E-state index contributed by atoms with van der Waals surface area (Å²) in [6.45, 7) is 1.74. The Morgan fingerprint density at radius 1 is 1.32 bits per heavy atom. The van der Waals surface area contributed by atoms with Crippen molar-refractivity contribution in [3.05, 3.63) is 61.4 Å². The Bertz CT molecular complexity index is 1040. The summed E-state index contributed by atoms with van der Waals surface area (Å²) in [5.41, 5.74) is -1.48. The van der Waals surface area contributed by atoms with Gasteiger partial charge in [0.2, 0.25) is 0 Å². The summed E-state index contributed by atoms with van der Waals surface area (Å²) in [5.74, 6) is 0. The van der Waals surface area contributed by atoms with Gasteiger partial charge >= 0.3 is 18.0 Å². The molecule has 8 nitrogen and oxygen atoms in total. The number of alkyl halides is 3. The smallest absolute Gasteiger partial charge is 0.431 e. The largest absolute Gasteiger partial charge is 0.449 e. The lowest BCUT2D eigenvalue weighted by atomic mass is 10.2. The average molecular weight is 419 g/mol. The molecule has 12 heteroatoms. The van der Waals surface area contributed by atoms with E-state index in [1.54, 1.807) is 6.92 Å². The van der Waals surface area contributed by atoms with Crippen LogP contribution in [0.3, 0.4) is 0 Å². The van der Waals surface area contributed by atoms with Crippen LogP contribution >= 0.6 is 11.6 Å². The Kier molecular flexibility index (Phi) is 6.29. The Labute approximate surface area is 160 Å². The number of nitrogens with one attached hydrogen (secondary N) is 1. The van der Waals surface area contributed by atoms with E-state index in [2.05, 4.69) is 15.3 Å². The predicted molar refractivity (Wildman–Crippen MR) is 95.0 cm³/mol. The first-order valence-electron chi connectivity index (χ1n) is 7.72. The second-order valence-electron chi connectivity index (χ2n) is 5.34. The van der Waals surface area contributed by atoms with Crippen LogP contribution in [0.15, 0.2) is 39.0 Å². The number of hydrogen-bond acceptors (Lipinski definition) is 5. The van der Waals surface area contributed by atoms with Crippen LogP contribution in [0.5, 0.6) is 0 Å². The molecule has 2 aromatic rings. The van der Waals surface area contributed by atoms with Gasteiger partial charge in [0.25, 0.3) is 5.56 Å². The molecule has 0 saturated carbocycles. The van der Waals surface area contributed by atoms with E-state index in [0.29, 0.717) is 15.2 Å². The maximum Gasteiger partial charge on any atom is 0.431 e. The van der Waals surface area contributed by atoms with Crippen LogP contribution in [0.1, 0.15) is 18.2 Å². The molecule has 150 valence electrons. The van der Waals surface area contributed by atoms with Gasteiger partial charge in [0.05, 0.1) is 18.5 Å². The highest BCUT2D eigenvalue weighted by Gasteiger charge is 2.35. The molecule has 0 aliphatic carbocycles. The van der Waals surface area contributed by atoms with Crippen LogP contribution in [0.2, 0.25) is 5.02 Å². The number of amides is 1. The Hall–Kier alpha value is -3.08. The van der Waals surface area contributed by atoms with Gasteiger partial charge in [-0.25, -0.2) is 19.6 Å². The van der Waals surface area contributed by atoms with E-state index < -0.39 is 29.2 Å². The van der Waals surface area contributed by atoms with Gasteiger partial charge in [0.15, 0.2) is 0 Å². The third-order valence-electron chi connectivity index (χ3n) is 3.48. The highest BCUT2D eigenvalue weighted by atomic mass is 35.5. The van der Waals surface area contributed by atoms with Gasteiger partial charge < -0.3 is 4.74 Å². The van der Waals surface area contributed by atoms with Crippen LogP contribution in [0.25, 0.3) is 5.69 Å². The second kappa shape index (κ2) is 8.30. The number of rotatable bonds is 4. The van der Waals surface area contributed by atoms with Crippen molar-refractivity contribution in [3.63, 3.8) is 0 Å². The number of hydrazone groups is 1. The Morgan fingerprint density at radius 3 is 2.61 bits per heavy atom. The molecule has 0 unspecified atom stereocenters. The van der Waals surface area contributed by atoms with Crippen molar-refractivity contribution in [3.8, 4) is 5.69 Å². The first kappa shape index (κ1) is 21.2. The minimum atomic E-state index is -4.86. The van der Waals surface area contributed by atoms with Gasteiger partial charge in [-0.2, -0.15) is 18.3 Å². The number of hydrogen-bond donors (Lipinski definition) is 1. The minimum Gasteiger partial charge on any atom is -0.449 e. The van der Waals surface area contributed by atoms with Gasteiger partial charge in [0, 0.05) is 23.7 Å². The van der Waals surface area contributed by atoms with Crippen LogP contribution in [-0.2, 0) is 18.0 Å². The quantitative estimate of drug-likeness (QED) is 0.609. The van der Waals surface area contributed by atoms with Crippen molar-refractivity contribution in [2.75, 3.05) is 6.61 Å². The fourth-order valence-electron chi connectivity index (χ4n) is 2.22. The Morgan fingerprint density at radius 2 is 2.00 bits per heavy atom. The van der Waals surface area contributed by atoms with Crippen molar-refractivity contribution < 1.29 is 22.7 Å². The van der Waals surface area contributed by atoms with Crippen LogP contribution in [0.4, 0.5) is 18.0 Å². The molecule has 1 amide bonds. The van der Waals surface area contributed by atoms with E-state index in [1.165, 1.54) is 18.2 Å². The van der Waals surface area contributed by atoms with E-state index in [0.717, 1.165) is 13.3 Å². The summed E-state index contributed by atoms with van der Waals surface area (Å²) in [7, 11) is 0.905. The fraction of sp³-hybridized carbons (Fsp3) is 0.250. The van der Waals surface area contributed by atoms with Crippen molar-refractivity contribution in [1.82, 2.24) is 14.6 Å². The third-order valence-corrected chi connectivity index (χ3v) is 3.83. The molecular weight excluding hydrogens is 405 g/mol. The summed E-state index contributed by atoms with van der Waals surface area (Å²) < 4.78 is 44.3. The fourth-order valence-corrected chi connectivity index (χ4v) is 2.39. The lowest BCUT2D eigenvalue weighted by Gasteiger charge is -2.14. The summed E-state index contributed by atoms with van der Waals surface area (Å²) in [6.07, 6.45) is -4.54. The van der Waals surface area contributed by atoms with Crippen LogP contribution in [0, 0.1) is 0 Å². The molecule has 0 bridgehead atoms. The van der Waals surface area contributed by atoms with Gasteiger partial charge in [-0.3, -0.25) is 9.36 Å². The first-order valence-corrected chi connectivity index (χ1v) is 8.10. The highest BCUT2D eigenvalue weighted by Crippen LogP contribution is 2.27. The van der Waals surface area contributed by atoms with Gasteiger partial charge in [-0.1, -0.05) is 11.6 Å². The minimum absolute atomic E-state index is 0.0266. The number of benzene rings is 1. The second-order valence-corrected chi connectivity index (χ2v) is 5.75. The molecule has 1 N–H and O–H groups in total. The zero-order chi connectivity index (χ0) is 21.1. The molecule has 2 rings (SSSR count). The number of halogens is 4. The van der Waals surface area contributed by atoms with Gasteiger partial charge in [-0.05, 0) is 25.1 Å². The Balaban J connectivity index is 2.49. The van der Waals surface area contributed by atoms with Gasteiger partial charge in [0.1, 0.15) is 5.69 Å². The highest BCUT2D eigenvalue weighted by molar-refractivity contribution is 6.33. The molecule has 0 spiro atoms. The topological polar surface area (TPSA) is 94.7 Å². The SMILES string of the molecule is CCOC(=O)N/N=C/c1cc(-n2c(=O)cc(C(F)(F)F)n(C)c2=O)ccc1Cl.